The van der Waals surface area contributed by atoms with Crippen LogP contribution in [0.25, 0.3) is 10.2 Å². The standard InChI is InChI=1S/C16H23N3O2S2/c1-3-4-11-18(2)23(20,21)19-12-7-9-14(19)16-17-13-8-5-6-10-15(13)22-16/h5-6,8,10,14H,3-4,7,9,11-12H2,1-2H3. The molecule has 0 spiro atoms. The molecule has 1 fully saturated rings. The normalized spacial score (nSPS) is 19.9. The summed E-state index contributed by atoms with van der Waals surface area (Å²) in [7, 11) is -1.73. The predicted molar refractivity (Wildman–Crippen MR) is 94.8 cm³/mol. The molecule has 7 heteroatoms. The van der Waals surface area contributed by atoms with Crippen molar-refractivity contribution >= 4 is 31.8 Å². The molecule has 1 atom stereocenters. The molecule has 0 amide bonds. The maximum absolute atomic E-state index is 12.9. The van der Waals surface area contributed by atoms with Gasteiger partial charge in [0.05, 0.1) is 16.3 Å². The highest BCUT2D eigenvalue weighted by Gasteiger charge is 2.38. The highest BCUT2D eigenvalue weighted by atomic mass is 32.2. The van der Waals surface area contributed by atoms with Crippen molar-refractivity contribution in [2.75, 3.05) is 20.1 Å². The quantitative estimate of drug-likeness (QED) is 0.800. The zero-order valence-corrected chi connectivity index (χ0v) is 15.2. The van der Waals surface area contributed by atoms with Gasteiger partial charge in [-0.25, -0.2) is 4.98 Å². The number of hydrogen-bond donors (Lipinski definition) is 0. The number of aromatic nitrogens is 1. The highest BCUT2D eigenvalue weighted by Crippen LogP contribution is 2.38. The molecule has 0 aliphatic carbocycles. The van der Waals surface area contributed by atoms with Crippen LogP contribution in [0, 0.1) is 0 Å². The maximum Gasteiger partial charge on any atom is 0.282 e. The summed E-state index contributed by atoms with van der Waals surface area (Å²) in [6, 6.07) is 7.86. The number of para-hydroxylation sites is 1. The van der Waals surface area contributed by atoms with E-state index in [0.29, 0.717) is 13.1 Å². The van der Waals surface area contributed by atoms with Crippen molar-refractivity contribution in [3.8, 4) is 0 Å². The fourth-order valence-corrected chi connectivity index (χ4v) is 5.76. The molecule has 2 aromatic rings. The van der Waals surface area contributed by atoms with Gasteiger partial charge in [-0.1, -0.05) is 25.5 Å². The van der Waals surface area contributed by atoms with E-state index in [0.717, 1.165) is 40.9 Å². The van der Waals surface area contributed by atoms with E-state index in [1.165, 1.54) is 4.31 Å². The van der Waals surface area contributed by atoms with E-state index in [4.69, 9.17) is 0 Å². The van der Waals surface area contributed by atoms with Crippen LogP contribution in [0.1, 0.15) is 43.7 Å². The average Bonchev–Trinajstić information content (AvgIpc) is 3.18. The molecular formula is C16H23N3O2S2. The van der Waals surface area contributed by atoms with Gasteiger partial charge in [-0.15, -0.1) is 11.3 Å². The van der Waals surface area contributed by atoms with Crippen LogP contribution in [0.4, 0.5) is 0 Å². The van der Waals surface area contributed by atoms with Crippen molar-refractivity contribution in [2.45, 2.75) is 38.6 Å². The minimum Gasteiger partial charge on any atom is -0.239 e. The zero-order valence-electron chi connectivity index (χ0n) is 13.6. The molecule has 1 aliphatic rings. The number of fused-ring (bicyclic) bond motifs is 1. The average molecular weight is 354 g/mol. The largest absolute Gasteiger partial charge is 0.282 e. The first-order valence-corrected chi connectivity index (χ1v) is 10.3. The molecule has 1 aromatic carbocycles. The Kier molecular flexibility index (Phi) is 5.01. The Morgan fingerprint density at radius 1 is 1.39 bits per heavy atom. The van der Waals surface area contributed by atoms with Crippen LogP contribution < -0.4 is 0 Å². The summed E-state index contributed by atoms with van der Waals surface area (Å²) in [5.74, 6) is 0. The van der Waals surface area contributed by atoms with Crippen molar-refractivity contribution in [1.82, 2.24) is 13.6 Å². The Labute approximate surface area is 142 Å². The van der Waals surface area contributed by atoms with Crippen molar-refractivity contribution in [2.24, 2.45) is 0 Å². The lowest BCUT2D eigenvalue weighted by Crippen LogP contribution is -2.41. The Hall–Kier alpha value is -1.02. The van der Waals surface area contributed by atoms with Crippen LogP contribution >= 0.6 is 11.3 Å². The molecule has 0 saturated carbocycles. The molecule has 1 aromatic heterocycles. The number of rotatable bonds is 6. The Bertz CT molecular complexity index is 739. The molecule has 1 aliphatic heterocycles. The molecule has 3 rings (SSSR count). The molecule has 23 heavy (non-hydrogen) atoms. The van der Waals surface area contributed by atoms with Crippen LogP contribution in [-0.4, -0.2) is 42.1 Å². The fourth-order valence-electron chi connectivity index (χ4n) is 2.97. The highest BCUT2D eigenvalue weighted by molar-refractivity contribution is 7.86. The molecule has 2 heterocycles. The van der Waals surface area contributed by atoms with E-state index in [2.05, 4.69) is 11.9 Å². The summed E-state index contributed by atoms with van der Waals surface area (Å²) in [6.45, 7) is 3.22. The van der Waals surface area contributed by atoms with E-state index in [-0.39, 0.29) is 6.04 Å². The van der Waals surface area contributed by atoms with E-state index in [1.807, 2.05) is 24.3 Å². The van der Waals surface area contributed by atoms with Gasteiger partial charge in [0.2, 0.25) is 0 Å². The Morgan fingerprint density at radius 3 is 2.91 bits per heavy atom. The van der Waals surface area contributed by atoms with Gasteiger partial charge in [-0.2, -0.15) is 17.0 Å². The van der Waals surface area contributed by atoms with Crippen LogP contribution in [0.15, 0.2) is 24.3 Å². The second-order valence-corrected chi connectivity index (χ2v) is 9.02. The van der Waals surface area contributed by atoms with Crippen molar-refractivity contribution in [3.05, 3.63) is 29.3 Å². The first kappa shape index (κ1) is 16.8. The number of thiazole rings is 1. The van der Waals surface area contributed by atoms with Gasteiger partial charge in [-0.3, -0.25) is 0 Å². The molecule has 0 radical (unpaired) electrons. The molecule has 1 saturated heterocycles. The molecule has 1 unspecified atom stereocenters. The lowest BCUT2D eigenvalue weighted by Gasteiger charge is -2.27. The van der Waals surface area contributed by atoms with E-state index in [9.17, 15) is 8.42 Å². The molecule has 0 bridgehead atoms. The second-order valence-electron chi connectivity index (χ2n) is 5.97. The van der Waals surface area contributed by atoms with Gasteiger partial charge in [0, 0.05) is 20.1 Å². The lowest BCUT2D eigenvalue weighted by atomic mass is 10.2. The topological polar surface area (TPSA) is 53.5 Å². The van der Waals surface area contributed by atoms with E-state index >= 15 is 0 Å². The number of hydrogen-bond acceptors (Lipinski definition) is 4. The van der Waals surface area contributed by atoms with Crippen molar-refractivity contribution in [3.63, 3.8) is 0 Å². The molecular weight excluding hydrogens is 330 g/mol. The van der Waals surface area contributed by atoms with Gasteiger partial charge in [0.25, 0.3) is 10.2 Å². The van der Waals surface area contributed by atoms with Gasteiger partial charge in [-0.05, 0) is 31.4 Å². The molecule has 0 N–H and O–H groups in total. The van der Waals surface area contributed by atoms with Gasteiger partial charge >= 0.3 is 0 Å². The number of benzene rings is 1. The van der Waals surface area contributed by atoms with E-state index in [1.54, 1.807) is 22.7 Å². The lowest BCUT2D eigenvalue weighted by molar-refractivity contribution is 0.345. The van der Waals surface area contributed by atoms with Crippen LogP contribution in [-0.2, 0) is 10.2 Å². The summed E-state index contributed by atoms with van der Waals surface area (Å²) in [5, 5.41) is 0.913. The molecule has 126 valence electrons. The first-order valence-electron chi connectivity index (χ1n) is 8.12. The maximum atomic E-state index is 12.9. The van der Waals surface area contributed by atoms with Gasteiger partial charge < -0.3 is 0 Å². The SMILES string of the molecule is CCCCN(C)S(=O)(=O)N1CCCC1c1nc2ccccc2s1. The summed E-state index contributed by atoms with van der Waals surface area (Å²) in [5.41, 5.74) is 0.955. The minimum absolute atomic E-state index is 0.124. The Morgan fingerprint density at radius 2 is 2.17 bits per heavy atom. The second kappa shape index (κ2) is 6.84. The minimum atomic E-state index is -3.41. The zero-order chi connectivity index (χ0) is 16.4. The Balaban J connectivity index is 1.87. The smallest absolute Gasteiger partial charge is 0.239 e. The predicted octanol–water partition coefficient (Wildman–Crippen LogP) is 3.41. The van der Waals surface area contributed by atoms with Crippen molar-refractivity contribution < 1.29 is 8.42 Å². The number of nitrogens with zero attached hydrogens (tertiary/aromatic N) is 3. The monoisotopic (exact) mass is 353 g/mol. The van der Waals surface area contributed by atoms with Crippen LogP contribution in [0.3, 0.4) is 0 Å². The third-order valence-corrected chi connectivity index (χ3v) is 7.45. The summed E-state index contributed by atoms with van der Waals surface area (Å²) in [6.07, 6.45) is 3.61. The summed E-state index contributed by atoms with van der Waals surface area (Å²) < 4.78 is 30.0. The van der Waals surface area contributed by atoms with Crippen LogP contribution in [0.2, 0.25) is 0 Å². The van der Waals surface area contributed by atoms with Gasteiger partial charge in [0.15, 0.2) is 0 Å². The summed E-state index contributed by atoms with van der Waals surface area (Å²) >= 11 is 1.61. The molecule has 5 nitrogen and oxygen atoms in total. The van der Waals surface area contributed by atoms with E-state index < -0.39 is 10.2 Å². The third-order valence-electron chi connectivity index (χ3n) is 4.32. The third kappa shape index (κ3) is 3.28. The number of unbranched alkanes of at least 4 members (excludes halogenated alkanes) is 1. The first-order chi connectivity index (χ1) is 11.0. The summed E-state index contributed by atoms with van der Waals surface area (Å²) in [4.78, 5) is 4.67. The van der Waals surface area contributed by atoms with Crippen molar-refractivity contribution in [1.29, 1.82) is 0 Å². The fraction of sp³-hybridized carbons (Fsp3) is 0.562. The van der Waals surface area contributed by atoms with Crippen LogP contribution in [0.5, 0.6) is 0 Å². The van der Waals surface area contributed by atoms with Gasteiger partial charge in [0.1, 0.15) is 5.01 Å².